The second kappa shape index (κ2) is 8.57. The summed E-state index contributed by atoms with van der Waals surface area (Å²) >= 11 is 0. The number of aryl methyl sites for hydroxylation is 1. The number of hydrogen-bond acceptors (Lipinski definition) is 5. The Hall–Kier alpha value is -1.48. The molecule has 1 fully saturated rings. The first-order chi connectivity index (χ1) is 11.5. The van der Waals surface area contributed by atoms with E-state index in [1.165, 1.54) is 0 Å². The summed E-state index contributed by atoms with van der Waals surface area (Å²) in [6.07, 6.45) is 0.263. The minimum atomic E-state index is -3.61. The molecule has 1 saturated heterocycles. The van der Waals surface area contributed by atoms with Crippen molar-refractivity contribution in [3.63, 3.8) is 0 Å². The number of methoxy groups -OCH3 is 1. The topological polar surface area (TPSA) is 84.9 Å². The molecule has 7 nitrogen and oxygen atoms in total. The Balaban J connectivity index is 1.98. The molecule has 0 bridgehead atoms. The van der Waals surface area contributed by atoms with E-state index in [1.54, 1.807) is 30.2 Å². The summed E-state index contributed by atoms with van der Waals surface area (Å²) in [7, 11) is -2.04. The van der Waals surface area contributed by atoms with Crippen LogP contribution in [0.5, 0.6) is 0 Å². The summed E-state index contributed by atoms with van der Waals surface area (Å²) in [6.45, 7) is 3.26. The fourth-order valence-electron chi connectivity index (χ4n) is 2.56. The quantitative estimate of drug-likeness (QED) is 0.729. The number of rotatable bonds is 8. The van der Waals surface area contributed by atoms with Crippen LogP contribution in [0.15, 0.2) is 29.2 Å². The van der Waals surface area contributed by atoms with Crippen molar-refractivity contribution in [2.24, 2.45) is 0 Å². The van der Waals surface area contributed by atoms with Gasteiger partial charge in [-0.15, -0.1) is 0 Å². The molecule has 134 valence electrons. The first-order valence-electron chi connectivity index (χ1n) is 7.93. The number of morpholine rings is 1. The zero-order chi connectivity index (χ0) is 17.6. The van der Waals surface area contributed by atoms with Crippen LogP contribution in [0.25, 0.3) is 0 Å². The van der Waals surface area contributed by atoms with Crippen LogP contribution in [0, 0.1) is 0 Å². The number of carbonyl (C=O) groups is 1. The monoisotopic (exact) mass is 356 g/mol. The highest BCUT2D eigenvalue weighted by molar-refractivity contribution is 7.89. The summed E-state index contributed by atoms with van der Waals surface area (Å²) in [5, 5.41) is 0. The molecule has 1 aliphatic heterocycles. The van der Waals surface area contributed by atoms with Gasteiger partial charge >= 0.3 is 0 Å². The predicted octanol–water partition coefficient (Wildman–Crippen LogP) is 0.401. The minimum absolute atomic E-state index is 0.0400. The van der Waals surface area contributed by atoms with Crippen LogP contribution in [0.1, 0.15) is 12.5 Å². The Bertz CT molecular complexity index is 662. The standard InChI is InChI=1S/C16H24N2O5S/c1-3-13-6-4-5-7-15(13)24(20,21)17-10-14-11-18(8-9-22-2)16(19)12-23-14/h4-7,14,17H,3,8-12H2,1-2H3. The van der Waals surface area contributed by atoms with E-state index in [0.717, 1.165) is 5.56 Å². The molecule has 1 aromatic rings. The minimum Gasteiger partial charge on any atom is -0.383 e. The number of hydrogen-bond donors (Lipinski definition) is 1. The highest BCUT2D eigenvalue weighted by atomic mass is 32.2. The van der Waals surface area contributed by atoms with Gasteiger partial charge in [-0.3, -0.25) is 4.79 Å². The first kappa shape index (κ1) is 18.9. The SMILES string of the molecule is CCc1ccccc1S(=O)(=O)NCC1CN(CCOC)C(=O)CO1. The maximum Gasteiger partial charge on any atom is 0.248 e. The lowest BCUT2D eigenvalue weighted by atomic mass is 10.2. The lowest BCUT2D eigenvalue weighted by molar-refractivity contribution is -0.149. The van der Waals surface area contributed by atoms with Gasteiger partial charge in [0.05, 0.1) is 17.6 Å². The third-order valence-electron chi connectivity index (χ3n) is 3.93. The van der Waals surface area contributed by atoms with Crippen LogP contribution in [-0.2, 0) is 30.7 Å². The van der Waals surface area contributed by atoms with Crippen LogP contribution in [0.3, 0.4) is 0 Å². The highest BCUT2D eigenvalue weighted by Gasteiger charge is 2.27. The maximum atomic E-state index is 12.5. The van der Waals surface area contributed by atoms with Gasteiger partial charge in [0, 0.05) is 26.7 Å². The molecule has 0 saturated carbocycles. The van der Waals surface area contributed by atoms with Gasteiger partial charge in [-0.2, -0.15) is 0 Å². The summed E-state index contributed by atoms with van der Waals surface area (Å²) in [4.78, 5) is 13.7. The Morgan fingerprint density at radius 2 is 2.12 bits per heavy atom. The van der Waals surface area contributed by atoms with Crippen molar-refractivity contribution < 1.29 is 22.7 Å². The molecular formula is C16H24N2O5S. The Morgan fingerprint density at radius 3 is 2.83 bits per heavy atom. The van der Waals surface area contributed by atoms with Crippen molar-refractivity contribution in [3.8, 4) is 0 Å². The fraction of sp³-hybridized carbons (Fsp3) is 0.562. The lowest BCUT2D eigenvalue weighted by Crippen LogP contribution is -2.51. The average Bonchev–Trinajstić information content (AvgIpc) is 2.60. The molecule has 1 N–H and O–H groups in total. The molecule has 8 heteroatoms. The normalized spacial score (nSPS) is 18.8. The molecule has 0 aliphatic carbocycles. The van der Waals surface area contributed by atoms with Crippen molar-refractivity contribution in [2.75, 3.05) is 40.0 Å². The maximum absolute atomic E-state index is 12.5. The molecule has 0 spiro atoms. The van der Waals surface area contributed by atoms with E-state index < -0.39 is 10.0 Å². The molecule has 1 aliphatic rings. The summed E-state index contributed by atoms with van der Waals surface area (Å²) in [6, 6.07) is 6.92. The van der Waals surface area contributed by atoms with Crippen molar-refractivity contribution in [1.82, 2.24) is 9.62 Å². The van der Waals surface area contributed by atoms with Gasteiger partial charge in [0.2, 0.25) is 15.9 Å². The summed E-state index contributed by atoms with van der Waals surface area (Å²) < 4.78 is 38.0. The van der Waals surface area contributed by atoms with Gasteiger partial charge in [0.25, 0.3) is 0 Å². The Morgan fingerprint density at radius 1 is 1.38 bits per heavy atom. The van der Waals surface area contributed by atoms with E-state index in [2.05, 4.69) is 4.72 Å². The lowest BCUT2D eigenvalue weighted by Gasteiger charge is -2.32. The molecule has 24 heavy (non-hydrogen) atoms. The average molecular weight is 356 g/mol. The van der Waals surface area contributed by atoms with Gasteiger partial charge < -0.3 is 14.4 Å². The van der Waals surface area contributed by atoms with E-state index in [9.17, 15) is 13.2 Å². The van der Waals surface area contributed by atoms with Crippen LogP contribution in [-0.4, -0.2) is 65.3 Å². The van der Waals surface area contributed by atoms with Crippen LogP contribution >= 0.6 is 0 Å². The van der Waals surface area contributed by atoms with Gasteiger partial charge in [-0.25, -0.2) is 13.1 Å². The molecule has 1 unspecified atom stereocenters. The largest absolute Gasteiger partial charge is 0.383 e. The fourth-order valence-corrected chi connectivity index (χ4v) is 3.94. The molecule has 1 aromatic carbocycles. The van der Waals surface area contributed by atoms with Crippen LogP contribution < -0.4 is 4.72 Å². The molecule has 0 aromatic heterocycles. The number of amides is 1. The summed E-state index contributed by atoms with van der Waals surface area (Å²) in [5.74, 6) is -0.109. The zero-order valence-corrected chi connectivity index (χ0v) is 14.8. The molecule has 1 atom stereocenters. The van der Waals surface area contributed by atoms with E-state index in [1.807, 2.05) is 13.0 Å². The molecular weight excluding hydrogens is 332 g/mol. The third-order valence-corrected chi connectivity index (χ3v) is 5.45. The number of sulfonamides is 1. The highest BCUT2D eigenvalue weighted by Crippen LogP contribution is 2.16. The van der Waals surface area contributed by atoms with Crippen molar-refractivity contribution in [2.45, 2.75) is 24.3 Å². The van der Waals surface area contributed by atoms with Crippen molar-refractivity contribution in [1.29, 1.82) is 0 Å². The second-order valence-electron chi connectivity index (χ2n) is 5.58. The Labute approximate surface area is 143 Å². The van der Waals surface area contributed by atoms with Crippen molar-refractivity contribution in [3.05, 3.63) is 29.8 Å². The van der Waals surface area contributed by atoms with E-state index in [4.69, 9.17) is 9.47 Å². The number of nitrogens with zero attached hydrogens (tertiary/aromatic N) is 1. The van der Waals surface area contributed by atoms with Crippen LogP contribution in [0.2, 0.25) is 0 Å². The molecule has 2 rings (SSSR count). The first-order valence-corrected chi connectivity index (χ1v) is 9.42. The zero-order valence-electron chi connectivity index (χ0n) is 14.0. The van der Waals surface area contributed by atoms with E-state index in [0.29, 0.717) is 26.1 Å². The van der Waals surface area contributed by atoms with Gasteiger partial charge in [0.1, 0.15) is 6.61 Å². The number of ether oxygens (including phenoxy) is 2. The number of nitrogens with one attached hydrogen (secondary N) is 1. The summed E-state index contributed by atoms with van der Waals surface area (Å²) in [5.41, 5.74) is 0.770. The number of carbonyl (C=O) groups excluding carboxylic acids is 1. The molecule has 0 radical (unpaired) electrons. The third kappa shape index (κ3) is 4.76. The van der Waals surface area contributed by atoms with Gasteiger partial charge in [-0.05, 0) is 18.1 Å². The Kier molecular flexibility index (Phi) is 6.73. The van der Waals surface area contributed by atoms with E-state index >= 15 is 0 Å². The molecule has 1 heterocycles. The van der Waals surface area contributed by atoms with Gasteiger partial charge in [-0.1, -0.05) is 25.1 Å². The second-order valence-corrected chi connectivity index (χ2v) is 7.31. The molecule has 1 amide bonds. The van der Waals surface area contributed by atoms with E-state index in [-0.39, 0.29) is 30.1 Å². The van der Waals surface area contributed by atoms with Gasteiger partial charge in [0.15, 0.2) is 0 Å². The van der Waals surface area contributed by atoms with Crippen molar-refractivity contribution >= 4 is 15.9 Å². The number of benzene rings is 1. The van der Waals surface area contributed by atoms with Crippen LogP contribution in [0.4, 0.5) is 0 Å². The smallest absolute Gasteiger partial charge is 0.248 e. The predicted molar refractivity (Wildman–Crippen MR) is 89.2 cm³/mol.